The molecule has 0 saturated carbocycles. The predicted molar refractivity (Wildman–Crippen MR) is 81.9 cm³/mol. The molecule has 18 heavy (non-hydrogen) atoms. The van der Waals surface area contributed by atoms with Crippen molar-refractivity contribution in [1.29, 1.82) is 0 Å². The van der Waals surface area contributed by atoms with E-state index in [9.17, 15) is 4.79 Å². The summed E-state index contributed by atoms with van der Waals surface area (Å²) in [5.41, 5.74) is 1.26. The quantitative estimate of drug-likeness (QED) is 0.443. The summed E-state index contributed by atoms with van der Waals surface area (Å²) >= 11 is 2.14. The van der Waals surface area contributed by atoms with E-state index in [-0.39, 0.29) is 15.9 Å². The Labute approximate surface area is 123 Å². The summed E-state index contributed by atoms with van der Waals surface area (Å²) in [6, 6.07) is 10.6. The molecule has 0 N–H and O–H groups in total. The fourth-order valence-corrected chi connectivity index (χ4v) is 2.51. The fourth-order valence-electron chi connectivity index (χ4n) is 1.70. The molecule has 3 nitrogen and oxygen atoms in total. The Morgan fingerprint density at radius 1 is 1.39 bits per heavy atom. The zero-order chi connectivity index (χ0) is 13.5. The highest BCUT2D eigenvalue weighted by Crippen LogP contribution is 2.19. The molecule has 0 bridgehead atoms. The molecule has 0 spiro atoms. The van der Waals surface area contributed by atoms with E-state index < -0.39 is 0 Å². The Morgan fingerprint density at radius 3 is 2.56 bits per heavy atom. The van der Waals surface area contributed by atoms with Crippen molar-refractivity contribution in [2.75, 3.05) is 20.2 Å². The molecule has 1 rings (SSSR count). The maximum atomic E-state index is 11.6. The summed E-state index contributed by atoms with van der Waals surface area (Å²) in [5.74, 6) is -0.134. The maximum absolute atomic E-state index is 11.6. The van der Waals surface area contributed by atoms with Crippen LogP contribution in [0.1, 0.15) is 25.5 Å². The fraction of sp³-hybridized carbons (Fsp3) is 0.500. The van der Waals surface area contributed by atoms with Gasteiger partial charge in [-0.3, -0.25) is 9.69 Å². The lowest BCUT2D eigenvalue weighted by Gasteiger charge is -2.26. The SMILES string of the molecule is CCOC(=O)[C@@H](I)CN(C)[C@H](C)c1ccccc1. The summed E-state index contributed by atoms with van der Waals surface area (Å²) < 4.78 is 4.89. The summed E-state index contributed by atoms with van der Waals surface area (Å²) in [7, 11) is 2.03. The van der Waals surface area contributed by atoms with Crippen molar-refractivity contribution in [2.24, 2.45) is 0 Å². The van der Waals surface area contributed by atoms with Crippen LogP contribution in [0.5, 0.6) is 0 Å². The smallest absolute Gasteiger partial charge is 0.320 e. The number of nitrogens with zero attached hydrogens (tertiary/aromatic N) is 1. The number of benzene rings is 1. The van der Waals surface area contributed by atoms with Crippen LogP contribution >= 0.6 is 22.6 Å². The largest absolute Gasteiger partial charge is 0.465 e. The minimum Gasteiger partial charge on any atom is -0.465 e. The molecule has 0 saturated heterocycles. The van der Waals surface area contributed by atoms with Crippen molar-refractivity contribution in [3.05, 3.63) is 35.9 Å². The third-order valence-electron chi connectivity index (χ3n) is 2.93. The van der Waals surface area contributed by atoms with E-state index in [0.29, 0.717) is 13.2 Å². The highest BCUT2D eigenvalue weighted by molar-refractivity contribution is 14.1. The topological polar surface area (TPSA) is 29.5 Å². The summed E-state index contributed by atoms with van der Waals surface area (Å²) in [5, 5.41) is 0. The second kappa shape index (κ2) is 7.74. The first-order chi connectivity index (χ1) is 8.56. The Balaban J connectivity index is 2.55. The minimum absolute atomic E-state index is 0.126. The van der Waals surface area contributed by atoms with Gasteiger partial charge in [-0.05, 0) is 26.5 Å². The van der Waals surface area contributed by atoms with Crippen molar-refractivity contribution >= 4 is 28.6 Å². The van der Waals surface area contributed by atoms with Gasteiger partial charge in [-0.1, -0.05) is 52.9 Å². The number of carbonyl (C=O) groups excluding carboxylic acids is 1. The molecule has 1 aromatic rings. The molecule has 100 valence electrons. The van der Waals surface area contributed by atoms with Gasteiger partial charge in [0.25, 0.3) is 0 Å². The van der Waals surface area contributed by atoms with Gasteiger partial charge in [-0.2, -0.15) is 0 Å². The van der Waals surface area contributed by atoms with Crippen LogP contribution < -0.4 is 0 Å². The molecule has 1 aromatic carbocycles. The van der Waals surface area contributed by atoms with Crippen LogP contribution in [-0.2, 0) is 9.53 Å². The summed E-state index contributed by atoms with van der Waals surface area (Å²) in [4.78, 5) is 13.8. The molecule has 0 aliphatic rings. The van der Waals surface area contributed by atoms with Gasteiger partial charge in [0.1, 0.15) is 3.92 Å². The van der Waals surface area contributed by atoms with Gasteiger partial charge in [0, 0.05) is 12.6 Å². The van der Waals surface area contributed by atoms with Gasteiger partial charge in [0.2, 0.25) is 0 Å². The van der Waals surface area contributed by atoms with Crippen LogP contribution in [0.3, 0.4) is 0 Å². The van der Waals surface area contributed by atoms with E-state index in [1.54, 1.807) is 0 Å². The van der Waals surface area contributed by atoms with Gasteiger partial charge in [0.05, 0.1) is 6.61 Å². The highest BCUT2D eigenvalue weighted by atomic mass is 127. The van der Waals surface area contributed by atoms with Gasteiger partial charge < -0.3 is 4.74 Å². The monoisotopic (exact) mass is 361 g/mol. The molecule has 0 amide bonds. The third-order valence-corrected chi connectivity index (χ3v) is 3.84. The van der Waals surface area contributed by atoms with Gasteiger partial charge in [-0.25, -0.2) is 0 Å². The van der Waals surface area contributed by atoms with Crippen molar-refractivity contribution < 1.29 is 9.53 Å². The molecule has 2 atom stereocenters. The lowest BCUT2D eigenvalue weighted by atomic mass is 10.1. The first-order valence-electron chi connectivity index (χ1n) is 6.12. The zero-order valence-corrected chi connectivity index (χ0v) is 13.3. The highest BCUT2D eigenvalue weighted by Gasteiger charge is 2.21. The van der Waals surface area contributed by atoms with E-state index in [2.05, 4.69) is 46.5 Å². The van der Waals surface area contributed by atoms with Crippen LogP contribution in [0.2, 0.25) is 0 Å². The molecular weight excluding hydrogens is 341 g/mol. The lowest BCUT2D eigenvalue weighted by Crippen LogP contribution is -2.33. The summed E-state index contributed by atoms with van der Waals surface area (Å²) in [6.45, 7) is 5.10. The number of carbonyl (C=O) groups is 1. The predicted octanol–water partition coefficient (Wildman–Crippen LogP) is 3.05. The molecule has 0 unspecified atom stereocenters. The molecule has 0 aromatic heterocycles. The molecule has 0 heterocycles. The lowest BCUT2D eigenvalue weighted by molar-refractivity contribution is -0.142. The Hall–Kier alpha value is -0.620. The van der Waals surface area contributed by atoms with Gasteiger partial charge in [-0.15, -0.1) is 0 Å². The van der Waals surface area contributed by atoms with E-state index in [4.69, 9.17) is 4.74 Å². The second-order valence-electron chi connectivity index (χ2n) is 4.25. The van der Waals surface area contributed by atoms with Crippen LogP contribution in [-0.4, -0.2) is 35.0 Å². The van der Waals surface area contributed by atoms with Crippen LogP contribution in [0, 0.1) is 0 Å². The Bertz CT molecular complexity index is 369. The molecule has 0 aliphatic heterocycles. The van der Waals surface area contributed by atoms with Crippen LogP contribution in [0.4, 0.5) is 0 Å². The number of hydrogen-bond acceptors (Lipinski definition) is 3. The third kappa shape index (κ3) is 4.57. The number of hydrogen-bond donors (Lipinski definition) is 0. The molecule has 0 fully saturated rings. The van der Waals surface area contributed by atoms with Crippen molar-refractivity contribution in [2.45, 2.75) is 23.8 Å². The first kappa shape index (κ1) is 15.4. The molecule has 0 radical (unpaired) electrons. The Morgan fingerprint density at radius 2 is 2.00 bits per heavy atom. The number of halogens is 1. The first-order valence-corrected chi connectivity index (χ1v) is 7.36. The minimum atomic E-state index is -0.134. The molecular formula is C14H20INO2. The van der Waals surface area contributed by atoms with E-state index in [1.807, 2.05) is 32.2 Å². The number of rotatable bonds is 6. The summed E-state index contributed by atoms with van der Waals surface area (Å²) in [6.07, 6.45) is 0. The van der Waals surface area contributed by atoms with Crippen molar-refractivity contribution in [3.8, 4) is 0 Å². The Kier molecular flexibility index (Phi) is 6.63. The number of ether oxygens (including phenoxy) is 1. The second-order valence-corrected chi connectivity index (χ2v) is 5.75. The maximum Gasteiger partial charge on any atom is 0.320 e. The van der Waals surface area contributed by atoms with E-state index in [1.165, 1.54) is 5.56 Å². The number of esters is 1. The molecule has 4 heteroatoms. The number of alkyl halides is 1. The standard InChI is InChI=1S/C14H20INO2/c1-4-18-14(17)13(15)10-16(3)11(2)12-8-6-5-7-9-12/h5-9,11,13H,4,10H2,1-3H3/t11-,13+/m1/s1. The average molecular weight is 361 g/mol. The van der Waals surface area contributed by atoms with Crippen molar-refractivity contribution in [1.82, 2.24) is 4.90 Å². The average Bonchev–Trinajstić information content (AvgIpc) is 2.39. The van der Waals surface area contributed by atoms with E-state index in [0.717, 1.165) is 0 Å². The zero-order valence-electron chi connectivity index (χ0n) is 11.1. The van der Waals surface area contributed by atoms with Gasteiger partial charge >= 0.3 is 5.97 Å². The normalized spacial score (nSPS) is 14.3. The van der Waals surface area contributed by atoms with Crippen LogP contribution in [0.15, 0.2) is 30.3 Å². The van der Waals surface area contributed by atoms with Crippen LogP contribution in [0.25, 0.3) is 0 Å². The van der Waals surface area contributed by atoms with E-state index >= 15 is 0 Å². The molecule has 0 aliphatic carbocycles. The van der Waals surface area contributed by atoms with Gasteiger partial charge in [0.15, 0.2) is 0 Å². The van der Waals surface area contributed by atoms with Crippen molar-refractivity contribution in [3.63, 3.8) is 0 Å².